The van der Waals surface area contributed by atoms with Crippen LogP contribution in [0.4, 0.5) is 0 Å². The highest BCUT2D eigenvalue weighted by atomic mass is 35.5. The molecule has 0 spiro atoms. The highest BCUT2D eigenvalue weighted by Crippen LogP contribution is 2.12. The second kappa shape index (κ2) is 10.9. The van der Waals surface area contributed by atoms with Crippen LogP contribution in [0.3, 0.4) is 0 Å². The third-order valence-corrected chi connectivity index (χ3v) is 3.57. The summed E-state index contributed by atoms with van der Waals surface area (Å²) in [6.07, 6.45) is 3.92. The molecule has 0 radical (unpaired) electrons. The molecule has 2 amide bonds. The summed E-state index contributed by atoms with van der Waals surface area (Å²) in [6, 6.07) is 7.17. The molecule has 0 unspecified atom stereocenters. The molecule has 1 aromatic rings. The Hall–Kier alpha value is -1.77. The summed E-state index contributed by atoms with van der Waals surface area (Å²) in [4.78, 5) is 22.6. The van der Waals surface area contributed by atoms with Gasteiger partial charge in [0.05, 0.1) is 6.21 Å². The molecule has 126 valence electrons. The molecule has 0 aliphatic carbocycles. The van der Waals surface area contributed by atoms with Gasteiger partial charge in [0.1, 0.15) is 0 Å². The van der Waals surface area contributed by atoms with Crippen molar-refractivity contribution in [2.45, 2.75) is 32.1 Å². The maximum atomic E-state index is 11.8. The molecule has 0 fully saturated rings. The van der Waals surface area contributed by atoms with E-state index in [9.17, 15) is 9.59 Å². The second-order valence-electron chi connectivity index (χ2n) is 4.68. The number of hydrogen-bond donors (Lipinski definition) is 4. The van der Waals surface area contributed by atoms with Crippen LogP contribution in [0.15, 0.2) is 29.4 Å². The molecule has 0 aliphatic heterocycles. The summed E-state index contributed by atoms with van der Waals surface area (Å²) in [5, 5.41) is 12.8. The molecule has 0 aliphatic rings. The minimum Gasteiger partial charge on any atom is -0.289 e. The van der Waals surface area contributed by atoms with Gasteiger partial charge in [-0.25, -0.2) is 11.0 Å². The lowest BCUT2D eigenvalue weighted by Crippen LogP contribution is -2.31. The number of amides is 2. The van der Waals surface area contributed by atoms with Gasteiger partial charge in [-0.2, -0.15) is 9.52 Å². The van der Waals surface area contributed by atoms with Gasteiger partial charge in [0, 0.05) is 23.4 Å². The molecule has 0 heterocycles. The van der Waals surface area contributed by atoms with Crippen molar-refractivity contribution in [3.8, 4) is 0 Å². The lowest BCUT2D eigenvalue weighted by molar-refractivity contribution is -0.129. The Morgan fingerprint density at radius 3 is 2.65 bits per heavy atom. The number of carbonyl (C=O) groups is 2. The Kier molecular flexibility index (Phi) is 9.11. The van der Waals surface area contributed by atoms with Gasteiger partial charge in [0.15, 0.2) is 0 Å². The predicted molar refractivity (Wildman–Crippen MR) is 91.0 cm³/mol. The molecule has 1 aromatic carbocycles. The molecule has 0 aromatic heterocycles. The Bertz CT molecular complexity index is 557. The number of thiol groups is 1. The summed E-state index contributed by atoms with van der Waals surface area (Å²) >= 11 is 9.97. The van der Waals surface area contributed by atoms with E-state index in [1.54, 1.807) is 17.6 Å². The van der Waals surface area contributed by atoms with E-state index in [1.807, 2.05) is 12.1 Å². The predicted octanol–water partition coefficient (Wildman–Crippen LogP) is 2.31. The van der Waals surface area contributed by atoms with E-state index >= 15 is 0 Å². The molecule has 23 heavy (non-hydrogen) atoms. The molecule has 1 rings (SSSR count). The molecule has 0 bridgehead atoms. The summed E-state index contributed by atoms with van der Waals surface area (Å²) in [5.74, 6) is -0.668. The first-order chi connectivity index (χ1) is 11.0. The number of nitrogens with zero attached hydrogens (tertiary/aromatic N) is 2. The van der Waals surface area contributed by atoms with Gasteiger partial charge in [-0.05, 0) is 31.7 Å². The van der Waals surface area contributed by atoms with E-state index in [0.29, 0.717) is 24.3 Å². The van der Waals surface area contributed by atoms with Crippen LogP contribution in [0.1, 0.15) is 37.7 Å². The number of carbonyl (C=O) groups excluding carboxylic acids is 2. The third kappa shape index (κ3) is 7.87. The quantitative estimate of drug-likeness (QED) is 0.179. The molecule has 7 nitrogen and oxygen atoms in total. The third-order valence-electron chi connectivity index (χ3n) is 2.92. The number of hydroxylamine groups is 1. The standard InChI is InChI=1S/C14H19ClN4O3S/c15-12-7-5-4-6-11(12)10-16-18-19(23)14(21)9-3-1-2-8-13(20)17-22/h4-7,10,18,22-23H,1-3,8-9H2,(H,17,20)/b16-10+. The zero-order valence-corrected chi connectivity index (χ0v) is 14.1. The lowest BCUT2D eigenvalue weighted by Gasteiger charge is -2.13. The summed E-state index contributed by atoms with van der Waals surface area (Å²) in [5.41, 5.74) is 4.77. The van der Waals surface area contributed by atoms with Crippen LogP contribution in [0.25, 0.3) is 0 Å². The van der Waals surface area contributed by atoms with E-state index in [1.165, 1.54) is 6.21 Å². The monoisotopic (exact) mass is 358 g/mol. The first kappa shape index (κ1) is 19.3. The SMILES string of the molecule is O=C(CCCCCC(=O)N(S)N/N=C/c1ccccc1Cl)NO. The highest BCUT2D eigenvalue weighted by molar-refractivity contribution is 7.78. The van der Waals surface area contributed by atoms with Gasteiger partial charge in [-0.1, -0.05) is 36.2 Å². The van der Waals surface area contributed by atoms with Gasteiger partial charge in [0.25, 0.3) is 5.91 Å². The Labute approximate surface area is 145 Å². The average Bonchev–Trinajstić information content (AvgIpc) is 2.55. The van der Waals surface area contributed by atoms with Crippen molar-refractivity contribution in [3.63, 3.8) is 0 Å². The fraction of sp³-hybridized carbons (Fsp3) is 0.357. The molecule has 0 saturated heterocycles. The van der Waals surface area contributed by atoms with Crippen molar-refractivity contribution in [2.24, 2.45) is 5.10 Å². The Morgan fingerprint density at radius 1 is 1.26 bits per heavy atom. The fourth-order valence-corrected chi connectivity index (χ4v) is 2.03. The van der Waals surface area contributed by atoms with E-state index in [-0.39, 0.29) is 18.7 Å². The first-order valence-corrected chi connectivity index (χ1v) is 7.80. The van der Waals surface area contributed by atoms with Crippen molar-refractivity contribution in [1.82, 2.24) is 15.4 Å². The average molecular weight is 359 g/mol. The first-order valence-electron chi connectivity index (χ1n) is 7.02. The number of hydrazine groups is 1. The van der Waals surface area contributed by atoms with E-state index < -0.39 is 5.91 Å². The minimum atomic E-state index is -0.428. The summed E-state index contributed by atoms with van der Waals surface area (Å²) in [7, 11) is 0. The van der Waals surface area contributed by atoms with Crippen LogP contribution >= 0.6 is 24.4 Å². The molecular formula is C14H19ClN4O3S. The number of nitrogens with one attached hydrogen (secondary N) is 2. The summed E-state index contributed by atoms with van der Waals surface area (Å²) < 4.78 is 0.994. The van der Waals surface area contributed by atoms with Gasteiger partial charge >= 0.3 is 0 Å². The number of unbranched alkanes of at least 4 members (excludes halogenated alkanes) is 2. The van der Waals surface area contributed by atoms with Crippen LogP contribution in [0.5, 0.6) is 0 Å². The Morgan fingerprint density at radius 2 is 1.96 bits per heavy atom. The van der Waals surface area contributed by atoms with Crippen molar-refractivity contribution in [1.29, 1.82) is 0 Å². The van der Waals surface area contributed by atoms with Crippen LogP contribution in [-0.4, -0.2) is 27.7 Å². The van der Waals surface area contributed by atoms with Crippen molar-refractivity contribution in [2.75, 3.05) is 0 Å². The molecule has 0 saturated carbocycles. The maximum absolute atomic E-state index is 11.8. The van der Waals surface area contributed by atoms with Crippen LogP contribution in [0, 0.1) is 0 Å². The van der Waals surface area contributed by atoms with Crippen LogP contribution in [-0.2, 0) is 9.59 Å². The highest BCUT2D eigenvalue weighted by Gasteiger charge is 2.08. The fourth-order valence-electron chi connectivity index (χ4n) is 1.69. The van der Waals surface area contributed by atoms with Crippen molar-refractivity contribution in [3.05, 3.63) is 34.9 Å². The van der Waals surface area contributed by atoms with E-state index in [0.717, 1.165) is 9.98 Å². The molecule has 3 N–H and O–H groups in total. The number of rotatable bonds is 9. The van der Waals surface area contributed by atoms with Crippen molar-refractivity contribution < 1.29 is 14.8 Å². The minimum absolute atomic E-state index is 0.232. The second-order valence-corrected chi connectivity index (χ2v) is 5.49. The van der Waals surface area contributed by atoms with E-state index in [4.69, 9.17) is 16.8 Å². The number of hydrazone groups is 1. The van der Waals surface area contributed by atoms with Gasteiger partial charge in [0.2, 0.25) is 5.91 Å². The van der Waals surface area contributed by atoms with Crippen LogP contribution < -0.4 is 11.0 Å². The number of benzene rings is 1. The van der Waals surface area contributed by atoms with E-state index in [2.05, 4.69) is 23.5 Å². The largest absolute Gasteiger partial charge is 0.289 e. The zero-order valence-electron chi connectivity index (χ0n) is 12.4. The lowest BCUT2D eigenvalue weighted by atomic mass is 10.1. The van der Waals surface area contributed by atoms with Gasteiger partial charge in [-0.3, -0.25) is 14.8 Å². The maximum Gasteiger partial charge on any atom is 0.252 e. The molecule has 9 heteroatoms. The number of hydrogen-bond acceptors (Lipinski definition) is 6. The van der Waals surface area contributed by atoms with Crippen LogP contribution in [0.2, 0.25) is 5.02 Å². The zero-order chi connectivity index (χ0) is 17.1. The topological polar surface area (TPSA) is 94.0 Å². The Balaban J connectivity index is 2.24. The smallest absolute Gasteiger partial charge is 0.252 e. The normalized spacial score (nSPS) is 10.6. The van der Waals surface area contributed by atoms with Crippen molar-refractivity contribution >= 4 is 42.4 Å². The van der Waals surface area contributed by atoms with Gasteiger partial charge in [-0.15, -0.1) is 0 Å². The summed E-state index contributed by atoms with van der Waals surface area (Å²) in [6.45, 7) is 0. The molecule has 0 atom stereocenters. The number of halogens is 1. The molecular weight excluding hydrogens is 340 g/mol. The van der Waals surface area contributed by atoms with Gasteiger partial charge < -0.3 is 0 Å².